The molecule has 0 unspecified atom stereocenters. The molecule has 1 aliphatic carbocycles. The molecular weight excluding hydrogens is 471 g/mol. The van der Waals surface area contributed by atoms with Gasteiger partial charge in [0.05, 0.1) is 11.1 Å². The molecule has 4 aromatic rings. The molecule has 0 amide bonds. The fraction of sp³-hybridized carbons (Fsp3) is 0.120. The average molecular weight is 492 g/mol. The molecule has 3 nitrogen and oxygen atoms in total. The van der Waals surface area contributed by atoms with Crippen molar-refractivity contribution in [2.24, 2.45) is 7.05 Å². The highest BCUT2D eigenvalue weighted by molar-refractivity contribution is 6.18. The molecule has 3 aromatic carbocycles. The summed E-state index contributed by atoms with van der Waals surface area (Å²) in [7, 11) is 2.02. The number of halogens is 1. The van der Waals surface area contributed by atoms with Crippen molar-refractivity contribution in [3.8, 4) is 0 Å². The largest absolute Gasteiger partial charge is 1.00 e. The summed E-state index contributed by atoms with van der Waals surface area (Å²) in [5.74, 6) is 0.0491. The third-order valence-corrected chi connectivity index (χ3v) is 5.82. The number of aryl methyl sites for hydroxylation is 1. The normalized spacial score (nSPS) is 14.8. The van der Waals surface area contributed by atoms with Crippen LogP contribution in [0.15, 0.2) is 72.3 Å². The van der Waals surface area contributed by atoms with Gasteiger partial charge in [0.15, 0.2) is 11.5 Å². The van der Waals surface area contributed by atoms with Crippen LogP contribution in [0.1, 0.15) is 28.0 Å². The molecular formula is C25H21IN2O. The maximum Gasteiger partial charge on any atom is 0.214 e. The number of aromatic nitrogens is 1. The molecule has 0 bridgehead atoms. The van der Waals surface area contributed by atoms with Gasteiger partial charge in [0, 0.05) is 18.1 Å². The van der Waals surface area contributed by atoms with Gasteiger partial charge in [-0.25, -0.2) is 0 Å². The summed E-state index contributed by atoms with van der Waals surface area (Å²) in [5.41, 5.74) is 11.7. The Bertz CT molecular complexity index is 1300. The highest BCUT2D eigenvalue weighted by Crippen LogP contribution is 2.33. The van der Waals surface area contributed by atoms with E-state index < -0.39 is 0 Å². The molecule has 144 valence electrons. The van der Waals surface area contributed by atoms with E-state index in [1.54, 1.807) is 0 Å². The van der Waals surface area contributed by atoms with Crippen LogP contribution in [0, 0.1) is 0 Å². The van der Waals surface area contributed by atoms with Crippen molar-refractivity contribution in [2.45, 2.75) is 12.8 Å². The van der Waals surface area contributed by atoms with E-state index in [0.717, 1.165) is 46.0 Å². The number of anilines is 1. The van der Waals surface area contributed by atoms with Gasteiger partial charge in [0.1, 0.15) is 12.6 Å². The number of carbonyl (C=O) groups is 1. The Hall–Kier alpha value is -2.73. The van der Waals surface area contributed by atoms with Crippen LogP contribution < -0.4 is 34.3 Å². The lowest BCUT2D eigenvalue weighted by atomic mass is 9.86. The van der Waals surface area contributed by atoms with Crippen molar-refractivity contribution < 1.29 is 33.3 Å². The number of rotatable bonds is 1. The van der Waals surface area contributed by atoms with Gasteiger partial charge in [-0.1, -0.05) is 54.6 Å². The van der Waals surface area contributed by atoms with Crippen molar-refractivity contribution in [3.05, 3.63) is 89.1 Å². The summed E-state index contributed by atoms with van der Waals surface area (Å²) >= 11 is 0. The molecule has 4 heteroatoms. The summed E-state index contributed by atoms with van der Waals surface area (Å²) in [4.78, 5) is 13.4. The number of allylic oxidation sites excluding steroid dienone is 1. The Balaban J connectivity index is 0.00000205. The molecule has 2 N–H and O–H groups in total. The predicted octanol–water partition coefficient (Wildman–Crippen LogP) is 1.62. The highest BCUT2D eigenvalue weighted by Gasteiger charge is 2.32. The number of nitrogens with zero attached hydrogens (tertiary/aromatic N) is 1. The number of Topliss-reactive ketones (excluding diaryl/α,β-unsaturated/α-hetero) is 1. The summed E-state index contributed by atoms with van der Waals surface area (Å²) in [5, 5.41) is 3.27. The molecule has 0 spiro atoms. The number of fused-ring (bicyclic) bond motifs is 3. The molecule has 0 aliphatic heterocycles. The number of para-hydroxylation sites is 1. The van der Waals surface area contributed by atoms with Gasteiger partial charge in [-0.2, -0.15) is 4.57 Å². The number of ketones is 1. The van der Waals surface area contributed by atoms with E-state index in [0.29, 0.717) is 11.3 Å². The molecule has 0 atom stereocenters. The Morgan fingerprint density at radius 3 is 2.41 bits per heavy atom. The minimum absolute atomic E-state index is 0. The van der Waals surface area contributed by atoms with Crippen molar-refractivity contribution in [2.75, 3.05) is 5.73 Å². The molecule has 0 radical (unpaired) electrons. The molecule has 29 heavy (non-hydrogen) atoms. The topological polar surface area (TPSA) is 47.0 Å². The van der Waals surface area contributed by atoms with E-state index in [1.165, 1.54) is 5.39 Å². The summed E-state index contributed by atoms with van der Waals surface area (Å²) in [6.45, 7) is 0. The monoisotopic (exact) mass is 492 g/mol. The van der Waals surface area contributed by atoms with E-state index >= 15 is 0 Å². The Kier molecular flexibility index (Phi) is 5.13. The summed E-state index contributed by atoms with van der Waals surface area (Å²) in [6.07, 6.45) is 3.58. The van der Waals surface area contributed by atoms with Gasteiger partial charge < -0.3 is 29.7 Å². The predicted molar refractivity (Wildman–Crippen MR) is 114 cm³/mol. The van der Waals surface area contributed by atoms with E-state index in [-0.39, 0.29) is 29.8 Å². The number of hydrogen-bond donors (Lipinski definition) is 1. The first-order chi connectivity index (χ1) is 13.6. The zero-order valence-electron chi connectivity index (χ0n) is 16.2. The zero-order valence-corrected chi connectivity index (χ0v) is 18.3. The molecule has 0 fully saturated rings. The fourth-order valence-corrected chi connectivity index (χ4v) is 4.37. The van der Waals surface area contributed by atoms with Crippen LogP contribution in [0.4, 0.5) is 5.69 Å². The minimum Gasteiger partial charge on any atom is -1.00 e. The number of carbonyl (C=O) groups excluding carboxylic acids is 1. The number of benzene rings is 3. The van der Waals surface area contributed by atoms with Crippen molar-refractivity contribution in [1.82, 2.24) is 0 Å². The summed E-state index contributed by atoms with van der Waals surface area (Å²) < 4.78 is 2.12. The number of hydrogen-bond acceptors (Lipinski definition) is 2. The first kappa shape index (κ1) is 19.6. The second-order valence-electron chi connectivity index (χ2n) is 7.38. The van der Waals surface area contributed by atoms with E-state index in [9.17, 15) is 4.79 Å². The van der Waals surface area contributed by atoms with Crippen LogP contribution in [0.25, 0.3) is 27.8 Å². The minimum atomic E-state index is 0. The number of pyridine rings is 1. The van der Waals surface area contributed by atoms with E-state index in [4.69, 9.17) is 5.73 Å². The van der Waals surface area contributed by atoms with Gasteiger partial charge in [-0.15, -0.1) is 0 Å². The smallest absolute Gasteiger partial charge is 0.214 e. The number of nitrogen functional groups attached to an aromatic ring is 1. The SMILES string of the molecule is C[n+]1c2c(c(N)c3ccccc31)C(=O)C(=Cc1cccc3ccccc13)CC2.[I-]. The molecule has 1 heterocycles. The zero-order chi connectivity index (χ0) is 19.3. The maximum atomic E-state index is 13.4. The second-order valence-corrected chi connectivity index (χ2v) is 7.38. The van der Waals surface area contributed by atoms with E-state index in [2.05, 4.69) is 34.9 Å². The lowest BCUT2D eigenvalue weighted by molar-refractivity contribution is -0.653. The summed E-state index contributed by atoms with van der Waals surface area (Å²) in [6, 6.07) is 22.5. The Morgan fingerprint density at radius 2 is 1.59 bits per heavy atom. The lowest BCUT2D eigenvalue weighted by Gasteiger charge is -2.19. The van der Waals surface area contributed by atoms with Crippen LogP contribution in [-0.2, 0) is 13.5 Å². The molecule has 1 aromatic heterocycles. The van der Waals surface area contributed by atoms with Crippen LogP contribution >= 0.6 is 0 Å². The van der Waals surface area contributed by atoms with Gasteiger partial charge in [-0.05, 0) is 34.9 Å². The van der Waals surface area contributed by atoms with E-state index in [1.807, 2.05) is 49.5 Å². The Labute approximate surface area is 186 Å². The van der Waals surface area contributed by atoms with Crippen LogP contribution in [-0.4, -0.2) is 5.78 Å². The van der Waals surface area contributed by atoms with Crippen molar-refractivity contribution in [1.29, 1.82) is 0 Å². The maximum absolute atomic E-state index is 13.4. The molecule has 0 saturated heterocycles. The first-order valence-corrected chi connectivity index (χ1v) is 9.57. The highest BCUT2D eigenvalue weighted by atomic mass is 127. The van der Waals surface area contributed by atoms with Crippen LogP contribution in [0.3, 0.4) is 0 Å². The van der Waals surface area contributed by atoms with Gasteiger partial charge in [0.25, 0.3) is 0 Å². The quantitative estimate of drug-likeness (QED) is 0.250. The van der Waals surface area contributed by atoms with Crippen LogP contribution in [0.5, 0.6) is 0 Å². The third-order valence-electron chi connectivity index (χ3n) is 5.82. The molecule has 1 aliphatic rings. The van der Waals surface area contributed by atoms with Crippen molar-refractivity contribution in [3.63, 3.8) is 0 Å². The van der Waals surface area contributed by atoms with Crippen LogP contribution in [0.2, 0.25) is 0 Å². The average Bonchev–Trinajstić information content (AvgIpc) is 2.73. The van der Waals surface area contributed by atoms with Gasteiger partial charge in [-0.3, -0.25) is 4.79 Å². The standard InChI is InChI=1S/C25H20N2O.HI/c1-27-21-12-5-4-11-20(21)24(26)23-22(27)14-13-18(25(23)28)15-17-9-6-8-16-7-2-3-10-19(16)17;/h2-12,15,26H,13-14H2,1H3;1H. The molecule has 0 saturated carbocycles. The molecule has 5 rings (SSSR count). The number of nitrogens with two attached hydrogens (primary N) is 1. The van der Waals surface area contributed by atoms with Crippen molar-refractivity contribution >= 4 is 39.2 Å². The lowest BCUT2D eigenvalue weighted by Crippen LogP contribution is -3.00. The first-order valence-electron chi connectivity index (χ1n) is 9.57. The van der Waals surface area contributed by atoms with Gasteiger partial charge in [0.2, 0.25) is 5.52 Å². The fourth-order valence-electron chi connectivity index (χ4n) is 4.37. The third kappa shape index (κ3) is 3.12. The Morgan fingerprint density at radius 1 is 0.897 bits per heavy atom. The van der Waals surface area contributed by atoms with Gasteiger partial charge >= 0.3 is 0 Å². The second kappa shape index (κ2) is 7.59.